The summed E-state index contributed by atoms with van der Waals surface area (Å²) in [6.45, 7) is 0.964. The van der Waals surface area contributed by atoms with E-state index in [-0.39, 0.29) is 16.0 Å². The lowest BCUT2D eigenvalue weighted by molar-refractivity contribution is 0.0599. The van der Waals surface area contributed by atoms with Crippen molar-refractivity contribution in [3.8, 4) is 0 Å². The lowest BCUT2D eigenvalue weighted by Gasteiger charge is -2.32. The summed E-state index contributed by atoms with van der Waals surface area (Å²) >= 11 is 0.866. The SMILES string of the molecule is COC(=O)c1ccc(C(=O)N2CCCC(c3nnsc3S(C)(=O)=O)C2)cc1. The number of benzene rings is 1. The van der Waals surface area contributed by atoms with Gasteiger partial charge in [0.1, 0.15) is 0 Å². The molecule has 2 heterocycles. The smallest absolute Gasteiger partial charge is 0.337 e. The number of esters is 1. The zero-order valence-corrected chi connectivity index (χ0v) is 16.5. The number of methoxy groups -OCH3 is 1. The maximum atomic E-state index is 12.8. The second kappa shape index (κ2) is 7.73. The number of hydrogen-bond donors (Lipinski definition) is 0. The lowest BCUT2D eigenvalue weighted by atomic mass is 9.95. The molecule has 1 aromatic carbocycles. The number of nitrogens with zero attached hydrogens (tertiary/aromatic N) is 3. The molecule has 1 aliphatic heterocycles. The van der Waals surface area contributed by atoms with E-state index in [0.717, 1.165) is 30.6 Å². The van der Waals surface area contributed by atoms with Gasteiger partial charge in [0.05, 0.1) is 18.4 Å². The minimum atomic E-state index is -3.40. The van der Waals surface area contributed by atoms with Crippen LogP contribution in [0.5, 0.6) is 0 Å². The summed E-state index contributed by atoms with van der Waals surface area (Å²) < 4.78 is 32.5. The van der Waals surface area contributed by atoms with Gasteiger partial charge < -0.3 is 9.64 Å². The minimum Gasteiger partial charge on any atom is -0.465 e. The molecule has 0 saturated carbocycles. The Hall–Kier alpha value is -2.33. The predicted octanol–water partition coefficient (Wildman–Crippen LogP) is 1.75. The van der Waals surface area contributed by atoms with E-state index in [0.29, 0.717) is 29.9 Å². The first kappa shape index (κ1) is 19.4. The van der Waals surface area contributed by atoms with Crippen LogP contribution in [-0.4, -0.2) is 61.2 Å². The number of piperidine rings is 1. The summed E-state index contributed by atoms with van der Waals surface area (Å²) in [5.74, 6) is -0.794. The molecule has 2 aromatic rings. The Bertz CT molecular complexity index is 953. The van der Waals surface area contributed by atoms with Crippen molar-refractivity contribution in [3.63, 3.8) is 0 Å². The van der Waals surface area contributed by atoms with Crippen molar-refractivity contribution in [2.24, 2.45) is 0 Å². The molecule has 1 amide bonds. The van der Waals surface area contributed by atoms with Gasteiger partial charge in [-0.1, -0.05) is 4.49 Å². The highest BCUT2D eigenvalue weighted by molar-refractivity contribution is 7.92. The van der Waals surface area contributed by atoms with E-state index < -0.39 is 15.8 Å². The number of carbonyl (C=O) groups is 2. The predicted molar refractivity (Wildman–Crippen MR) is 98.7 cm³/mol. The summed E-state index contributed by atoms with van der Waals surface area (Å²) in [7, 11) is -2.10. The number of rotatable bonds is 4. The van der Waals surface area contributed by atoms with E-state index in [4.69, 9.17) is 0 Å². The average molecular weight is 409 g/mol. The molecular weight excluding hydrogens is 390 g/mol. The summed E-state index contributed by atoms with van der Waals surface area (Å²) in [4.78, 5) is 26.0. The average Bonchev–Trinajstić information content (AvgIpc) is 3.17. The number of ether oxygens (including phenoxy) is 1. The second-order valence-corrected chi connectivity index (χ2v) is 9.34. The van der Waals surface area contributed by atoms with Crippen molar-refractivity contribution >= 4 is 33.2 Å². The first-order valence-electron chi connectivity index (χ1n) is 8.31. The van der Waals surface area contributed by atoms with Crippen LogP contribution in [0.2, 0.25) is 0 Å². The highest BCUT2D eigenvalue weighted by Crippen LogP contribution is 2.32. The van der Waals surface area contributed by atoms with Gasteiger partial charge in [-0.15, -0.1) is 5.10 Å². The maximum absolute atomic E-state index is 12.8. The van der Waals surface area contributed by atoms with E-state index in [2.05, 4.69) is 14.3 Å². The summed E-state index contributed by atoms with van der Waals surface area (Å²) in [5, 5.41) is 4.01. The van der Waals surface area contributed by atoms with Gasteiger partial charge >= 0.3 is 5.97 Å². The number of hydrogen-bond acceptors (Lipinski definition) is 8. The third-order valence-corrected chi connectivity index (χ3v) is 7.02. The summed E-state index contributed by atoms with van der Waals surface area (Å²) in [6.07, 6.45) is 2.64. The standard InChI is InChI=1S/C17H19N3O5S2/c1-25-16(22)12-7-5-11(6-8-12)15(21)20-9-3-4-13(10-20)14-17(26-19-18-14)27(2,23)24/h5-8,13H,3-4,9-10H2,1-2H3. The monoisotopic (exact) mass is 409 g/mol. The highest BCUT2D eigenvalue weighted by atomic mass is 32.2. The molecule has 0 radical (unpaired) electrons. The fraction of sp³-hybridized carbons (Fsp3) is 0.412. The van der Waals surface area contributed by atoms with Gasteiger partial charge in [0, 0.05) is 42.4 Å². The number of aromatic nitrogens is 2. The molecule has 1 saturated heterocycles. The molecule has 10 heteroatoms. The molecule has 1 atom stereocenters. The molecule has 1 aromatic heterocycles. The second-order valence-electron chi connectivity index (χ2n) is 6.38. The van der Waals surface area contributed by atoms with E-state index in [1.807, 2.05) is 0 Å². The Kier molecular flexibility index (Phi) is 5.56. The van der Waals surface area contributed by atoms with Crippen LogP contribution in [0.1, 0.15) is 45.2 Å². The zero-order valence-electron chi connectivity index (χ0n) is 14.9. The fourth-order valence-corrected chi connectivity index (χ4v) is 4.86. The van der Waals surface area contributed by atoms with Crippen molar-refractivity contribution in [2.75, 3.05) is 26.5 Å². The third kappa shape index (κ3) is 4.16. The van der Waals surface area contributed by atoms with Gasteiger partial charge in [-0.3, -0.25) is 4.79 Å². The molecule has 1 unspecified atom stereocenters. The topological polar surface area (TPSA) is 107 Å². The van der Waals surface area contributed by atoms with E-state index in [1.165, 1.54) is 7.11 Å². The van der Waals surface area contributed by atoms with Crippen molar-refractivity contribution in [2.45, 2.75) is 23.0 Å². The Morgan fingerprint density at radius 1 is 1.22 bits per heavy atom. The van der Waals surface area contributed by atoms with Crippen LogP contribution in [0.25, 0.3) is 0 Å². The Balaban J connectivity index is 1.77. The number of amides is 1. The molecule has 1 aliphatic rings. The lowest BCUT2D eigenvalue weighted by Crippen LogP contribution is -2.39. The first-order chi connectivity index (χ1) is 12.8. The molecule has 0 spiro atoms. The van der Waals surface area contributed by atoms with E-state index in [1.54, 1.807) is 29.2 Å². The normalized spacial score (nSPS) is 17.6. The van der Waals surface area contributed by atoms with Crippen LogP contribution in [0.3, 0.4) is 0 Å². The van der Waals surface area contributed by atoms with Crippen molar-refractivity contribution in [3.05, 3.63) is 41.1 Å². The van der Waals surface area contributed by atoms with Crippen LogP contribution in [0.15, 0.2) is 28.5 Å². The van der Waals surface area contributed by atoms with Gasteiger partial charge in [0.2, 0.25) is 0 Å². The molecule has 0 aliphatic carbocycles. The molecule has 27 heavy (non-hydrogen) atoms. The van der Waals surface area contributed by atoms with Crippen molar-refractivity contribution in [1.82, 2.24) is 14.5 Å². The van der Waals surface area contributed by atoms with Gasteiger partial charge in [0.15, 0.2) is 14.0 Å². The summed E-state index contributed by atoms with van der Waals surface area (Å²) in [6, 6.07) is 6.27. The molecule has 0 N–H and O–H groups in total. The molecule has 144 valence electrons. The number of sulfone groups is 1. The summed E-state index contributed by atoms with van der Waals surface area (Å²) in [5.41, 5.74) is 1.28. The molecule has 1 fully saturated rings. The zero-order chi connectivity index (χ0) is 19.6. The Morgan fingerprint density at radius 2 is 1.89 bits per heavy atom. The molecule has 0 bridgehead atoms. The van der Waals surface area contributed by atoms with E-state index >= 15 is 0 Å². The van der Waals surface area contributed by atoms with Gasteiger partial charge in [0.25, 0.3) is 5.91 Å². The third-order valence-electron chi connectivity index (χ3n) is 4.47. The minimum absolute atomic E-state index is 0.166. The molecule has 8 nitrogen and oxygen atoms in total. The van der Waals surface area contributed by atoms with Crippen LogP contribution in [0, 0.1) is 0 Å². The van der Waals surface area contributed by atoms with Crippen LogP contribution in [-0.2, 0) is 14.6 Å². The largest absolute Gasteiger partial charge is 0.465 e. The highest BCUT2D eigenvalue weighted by Gasteiger charge is 2.31. The Morgan fingerprint density at radius 3 is 2.52 bits per heavy atom. The van der Waals surface area contributed by atoms with Crippen molar-refractivity contribution < 1.29 is 22.7 Å². The number of carbonyl (C=O) groups excluding carboxylic acids is 2. The Labute approximate surface area is 161 Å². The number of likely N-dealkylation sites (tertiary alicyclic amines) is 1. The van der Waals surface area contributed by atoms with Gasteiger partial charge in [-0.25, -0.2) is 13.2 Å². The maximum Gasteiger partial charge on any atom is 0.337 e. The fourth-order valence-electron chi connectivity index (χ4n) is 3.13. The van der Waals surface area contributed by atoms with Crippen LogP contribution < -0.4 is 0 Å². The van der Waals surface area contributed by atoms with E-state index in [9.17, 15) is 18.0 Å². The van der Waals surface area contributed by atoms with Gasteiger partial charge in [-0.2, -0.15) is 0 Å². The van der Waals surface area contributed by atoms with Crippen LogP contribution in [0.4, 0.5) is 0 Å². The quantitative estimate of drug-likeness (QED) is 0.708. The molecule has 3 rings (SSSR count). The van der Waals surface area contributed by atoms with Gasteiger partial charge in [-0.05, 0) is 37.1 Å². The van der Waals surface area contributed by atoms with Crippen molar-refractivity contribution in [1.29, 1.82) is 0 Å². The first-order valence-corrected chi connectivity index (χ1v) is 11.0. The van der Waals surface area contributed by atoms with Crippen LogP contribution >= 0.6 is 11.5 Å². The molecular formula is C17H19N3O5S2.